The van der Waals surface area contributed by atoms with Gasteiger partial charge in [0.2, 0.25) is 11.9 Å². The molecule has 1 aromatic heterocycles. The Hall–Kier alpha value is -2.76. The molecule has 5 nitrogen and oxygen atoms in total. The summed E-state index contributed by atoms with van der Waals surface area (Å²) in [5.74, 6) is -1.57. The Morgan fingerprint density at radius 1 is 1.20 bits per heavy atom. The highest BCUT2D eigenvalue weighted by Gasteiger charge is 2.07. The van der Waals surface area contributed by atoms with Gasteiger partial charge in [0.25, 0.3) is 5.91 Å². The van der Waals surface area contributed by atoms with E-state index in [1.807, 2.05) is 0 Å². The third kappa shape index (κ3) is 3.61. The number of rotatable bonds is 4. The first-order chi connectivity index (χ1) is 9.54. The molecule has 0 unspecified atom stereocenters. The topological polar surface area (TPSA) is 85.1 Å². The van der Waals surface area contributed by atoms with Crippen LogP contribution < -0.4 is 11.1 Å². The number of primary amides is 1. The van der Waals surface area contributed by atoms with Crippen LogP contribution in [0.5, 0.6) is 0 Å². The predicted molar refractivity (Wildman–Crippen MR) is 71.5 cm³/mol. The highest BCUT2D eigenvalue weighted by Crippen LogP contribution is 2.12. The Morgan fingerprint density at radius 2 is 1.90 bits per heavy atom. The van der Waals surface area contributed by atoms with Gasteiger partial charge in [0.15, 0.2) is 0 Å². The molecule has 0 atom stereocenters. The maximum atomic E-state index is 12.9. The van der Waals surface area contributed by atoms with Crippen molar-refractivity contribution in [2.75, 3.05) is 5.32 Å². The summed E-state index contributed by atoms with van der Waals surface area (Å²) in [4.78, 5) is 26.0. The van der Waals surface area contributed by atoms with Crippen LogP contribution in [0.4, 0.5) is 10.1 Å². The summed E-state index contributed by atoms with van der Waals surface area (Å²) in [6.45, 7) is 0. The van der Waals surface area contributed by atoms with Crippen molar-refractivity contribution < 1.29 is 14.0 Å². The molecule has 102 valence electrons. The smallest absolute Gasteiger partial charge is 0.255 e. The largest absolute Gasteiger partial charge is 0.369 e. The fourth-order valence-corrected chi connectivity index (χ4v) is 1.65. The maximum Gasteiger partial charge on any atom is 0.255 e. The molecule has 0 spiro atoms. The molecule has 0 saturated carbocycles. The molecule has 0 aliphatic heterocycles. The van der Waals surface area contributed by atoms with E-state index in [9.17, 15) is 14.0 Å². The van der Waals surface area contributed by atoms with Crippen molar-refractivity contribution in [3.63, 3.8) is 0 Å². The van der Waals surface area contributed by atoms with Crippen molar-refractivity contribution in [3.8, 4) is 0 Å². The number of anilines is 1. The number of nitrogens with zero attached hydrogens (tertiary/aromatic N) is 1. The number of nitrogens with one attached hydrogen (secondary N) is 1. The van der Waals surface area contributed by atoms with Crippen LogP contribution in [-0.2, 0) is 11.2 Å². The zero-order valence-corrected chi connectivity index (χ0v) is 10.5. The first-order valence-electron chi connectivity index (χ1n) is 5.85. The quantitative estimate of drug-likeness (QED) is 0.828. The predicted octanol–water partition coefficient (Wildman–Crippen LogP) is 1.50. The summed E-state index contributed by atoms with van der Waals surface area (Å²) in [5.41, 5.74) is 6.56. The molecule has 0 saturated heterocycles. The number of hydrogen-bond donors (Lipinski definition) is 2. The molecule has 2 aromatic rings. The van der Waals surface area contributed by atoms with E-state index in [2.05, 4.69) is 10.3 Å². The average molecular weight is 273 g/mol. The molecule has 1 aromatic carbocycles. The number of benzene rings is 1. The standard InChI is InChI=1S/C14H12FN3O2/c15-12-8-10(5-6-17-12)14(20)18-11-3-1-9(2-4-11)7-13(16)19/h1-6,8H,7H2,(H2,16,19)(H,18,20). The van der Waals surface area contributed by atoms with Gasteiger partial charge in [-0.25, -0.2) is 4.98 Å². The summed E-state index contributed by atoms with van der Waals surface area (Å²) >= 11 is 0. The average Bonchev–Trinajstić information content (AvgIpc) is 2.40. The molecule has 0 bridgehead atoms. The fraction of sp³-hybridized carbons (Fsp3) is 0.0714. The minimum atomic E-state index is -0.713. The SMILES string of the molecule is NC(=O)Cc1ccc(NC(=O)c2ccnc(F)c2)cc1. The van der Waals surface area contributed by atoms with Crippen LogP contribution in [0.25, 0.3) is 0 Å². The van der Waals surface area contributed by atoms with Crippen LogP contribution in [0.3, 0.4) is 0 Å². The van der Waals surface area contributed by atoms with Gasteiger partial charge in [0.1, 0.15) is 0 Å². The lowest BCUT2D eigenvalue weighted by molar-refractivity contribution is -0.117. The van der Waals surface area contributed by atoms with Gasteiger partial charge in [-0.15, -0.1) is 0 Å². The second-order valence-corrected chi connectivity index (χ2v) is 4.16. The van der Waals surface area contributed by atoms with Crippen LogP contribution in [-0.4, -0.2) is 16.8 Å². The Bertz CT molecular complexity index is 641. The zero-order valence-electron chi connectivity index (χ0n) is 10.5. The van der Waals surface area contributed by atoms with Crippen LogP contribution in [0.1, 0.15) is 15.9 Å². The number of carbonyl (C=O) groups excluding carboxylic acids is 2. The van der Waals surface area contributed by atoms with Gasteiger partial charge < -0.3 is 11.1 Å². The number of amides is 2. The van der Waals surface area contributed by atoms with E-state index in [0.29, 0.717) is 5.69 Å². The van der Waals surface area contributed by atoms with Gasteiger partial charge in [-0.05, 0) is 23.8 Å². The molecule has 2 amide bonds. The van der Waals surface area contributed by atoms with Gasteiger partial charge in [0, 0.05) is 23.5 Å². The number of carbonyl (C=O) groups is 2. The van der Waals surface area contributed by atoms with E-state index < -0.39 is 17.8 Å². The highest BCUT2D eigenvalue weighted by molar-refractivity contribution is 6.04. The van der Waals surface area contributed by atoms with E-state index >= 15 is 0 Å². The Morgan fingerprint density at radius 3 is 2.50 bits per heavy atom. The number of pyridine rings is 1. The first-order valence-corrected chi connectivity index (χ1v) is 5.85. The van der Waals surface area contributed by atoms with E-state index in [1.165, 1.54) is 12.3 Å². The van der Waals surface area contributed by atoms with E-state index in [0.717, 1.165) is 11.6 Å². The maximum absolute atomic E-state index is 12.9. The van der Waals surface area contributed by atoms with Crippen molar-refractivity contribution in [2.24, 2.45) is 5.73 Å². The molecule has 2 rings (SSSR count). The summed E-state index contributed by atoms with van der Waals surface area (Å²) in [7, 11) is 0. The van der Waals surface area contributed by atoms with E-state index in [1.54, 1.807) is 24.3 Å². The molecule has 6 heteroatoms. The fourth-order valence-electron chi connectivity index (χ4n) is 1.65. The zero-order chi connectivity index (χ0) is 14.5. The third-order valence-electron chi connectivity index (χ3n) is 2.58. The lowest BCUT2D eigenvalue weighted by Crippen LogP contribution is -2.14. The third-order valence-corrected chi connectivity index (χ3v) is 2.58. The van der Waals surface area contributed by atoms with E-state index in [4.69, 9.17) is 5.73 Å². The second kappa shape index (κ2) is 5.92. The molecular formula is C14H12FN3O2. The number of hydrogen-bond acceptors (Lipinski definition) is 3. The molecular weight excluding hydrogens is 261 g/mol. The molecule has 1 heterocycles. The van der Waals surface area contributed by atoms with Crippen LogP contribution in [0, 0.1) is 5.95 Å². The Kier molecular flexibility index (Phi) is 4.05. The summed E-state index contributed by atoms with van der Waals surface area (Å²) in [6.07, 6.45) is 1.37. The monoisotopic (exact) mass is 273 g/mol. The van der Waals surface area contributed by atoms with Gasteiger partial charge in [0.05, 0.1) is 6.42 Å². The van der Waals surface area contributed by atoms with Gasteiger partial charge in [-0.2, -0.15) is 4.39 Å². The van der Waals surface area contributed by atoms with E-state index in [-0.39, 0.29) is 12.0 Å². The highest BCUT2D eigenvalue weighted by atomic mass is 19.1. The van der Waals surface area contributed by atoms with Crippen LogP contribution >= 0.6 is 0 Å². The molecule has 0 fully saturated rings. The normalized spacial score (nSPS) is 10.1. The van der Waals surface area contributed by atoms with Crippen molar-refractivity contribution in [3.05, 3.63) is 59.7 Å². The summed E-state index contributed by atoms with van der Waals surface area (Å²) in [6, 6.07) is 9.14. The minimum Gasteiger partial charge on any atom is -0.369 e. The number of halogens is 1. The van der Waals surface area contributed by atoms with Gasteiger partial charge in [-0.3, -0.25) is 9.59 Å². The van der Waals surface area contributed by atoms with Crippen LogP contribution in [0.2, 0.25) is 0 Å². The molecule has 20 heavy (non-hydrogen) atoms. The number of nitrogens with two attached hydrogens (primary N) is 1. The van der Waals surface area contributed by atoms with Gasteiger partial charge >= 0.3 is 0 Å². The lowest BCUT2D eigenvalue weighted by atomic mass is 10.1. The Labute approximate surface area is 114 Å². The molecule has 3 N–H and O–H groups in total. The second-order valence-electron chi connectivity index (χ2n) is 4.16. The van der Waals surface area contributed by atoms with Crippen molar-refractivity contribution in [1.29, 1.82) is 0 Å². The first kappa shape index (κ1) is 13.7. The summed E-state index contributed by atoms with van der Waals surface area (Å²) < 4.78 is 12.9. The number of aromatic nitrogens is 1. The summed E-state index contributed by atoms with van der Waals surface area (Å²) in [5, 5.41) is 2.62. The molecule has 0 aliphatic carbocycles. The Balaban J connectivity index is 2.06. The van der Waals surface area contributed by atoms with Crippen molar-refractivity contribution in [2.45, 2.75) is 6.42 Å². The minimum absolute atomic E-state index is 0.143. The van der Waals surface area contributed by atoms with Crippen molar-refractivity contribution in [1.82, 2.24) is 4.98 Å². The lowest BCUT2D eigenvalue weighted by Gasteiger charge is -2.06. The van der Waals surface area contributed by atoms with Crippen LogP contribution in [0.15, 0.2) is 42.6 Å². The van der Waals surface area contributed by atoms with Crippen molar-refractivity contribution >= 4 is 17.5 Å². The molecule has 0 aliphatic rings. The molecule has 0 radical (unpaired) electrons. The van der Waals surface area contributed by atoms with Gasteiger partial charge in [-0.1, -0.05) is 12.1 Å².